The zero-order valence-electron chi connectivity index (χ0n) is 11.0. The van der Waals surface area contributed by atoms with E-state index in [4.69, 9.17) is 0 Å². The number of rotatable bonds is 8. The molecule has 17 heavy (non-hydrogen) atoms. The fourth-order valence-corrected chi connectivity index (χ4v) is 1.52. The second-order valence-electron chi connectivity index (χ2n) is 3.86. The lowest BCUT2D eigenvalue weighted by molar-refractivity contribution is -0.165. The molecule has 5 nitrogen and oxygen atoms in total. The number of ether oxygens (including phenoxy) is 1. The van der Waals surface area contributed by atoms with Gasteiger partial charge < -0.3 is 4.74 Å². The van der Waals surface area contributed by atoms with E-state index in [-0.39, 0.29) is 5.91 Å². The van der Waals surface area contributed by atoms with Crippen LogP contribution < -0.4 is 0 Å². The summed E-state index contributed by atoms with van der Waals surface area (Å²) >= 11 is 0. The van der Waals surface area contributed by atoms with Gasteiger partial charge >= 0.3 is 6.09 Å². The highest BCUT2D eigenvalue weighted by Crippen LogP contribution is 2.08. The summed E-state index contributed by atoms with van der Waals surface area (Å²) in [5.74, 6) is -0.352. The highest BCUT2D eigenvalue weighted by molar-refractivity contribution is 5.90. The molecule has 0 aromatic heterocycles. The standard InChI is InChI=1S/C12H23NO4/c1-4-5-6-7-8-9-10-11(14)13(17-3)12(15)16-2/h4-10H2,1-3H3. The maximum absolute atomic E-state index is 11.6. The van der Waals surface area contributed by atoms with Crippen LogP contribution in [0.15, 0.2) is 0 Å². The number of hydrogen-bond acceptors (Lipinski definition) is 4. The fourth-order valence-electron chi connectivity index (χ4n) is 1.52. The first-order valence-corrected chi connectivity index (χ1v) is 6.12. The number of imide groups is 1. The van der Waals surface area contributed by atoms with Crippen LogP contribution in [0.5, 0.6) is 0 Å². The Balaban J connectivity index is 3.72. The van der Waals surface area contributed by atoms with E-state index in [1.807, 2.05) is 0 Å². The lowest BCUT2D eigenvalue weighted by atomic mass is 10.1. The Morgan fingerprint density at radius 2 is 1.59 bits per heavy atom. The third-order valence-corrected chi connectivity index (χ3v) is 2.49. The highest BCUT2D eigenvalue weighted by atomic mass is 16.7. The number of methoxy groups -OCH3 is 1. The molecule has 0 radical (unpaired) electrons. The van der Waals surface area contributed by atoms with Crippen LogP contribution in [-0.4, -0.2) is 31.3 Å². The number of carbonyl (C=O) groups excluding carboxylic acids is 2. The van der Waals surface area contributed by atoms with Crippen molar-refractivity contribution >= 4 is 12.0 Å². The van der Waals surface area contributed by atoms with Gasteiger partial charge in [-0.3, -0.25) is 9.63 Å². The Morgan fingerprint density at radius 3 is 2.12 bits per heavy atom. The normalized spacial score (nSPS) is 10.1. The molecule has 0 saturated heterocycles. The molecule has 0 bridgehead atoms. The average Bonchev–Trinajstić information content (AvgIpc) is 2.34. The highest BCUT2D eigenvalue weighted by Gasteiger charge is 2.21. The molecule has 0 aliphatic rings. The minimum absolute atomic E-state index is 0.315. The van der Waals surface area contributed by atoms with Gasteiger partial charge in [0.1, 0.15) is 0 Å². The van der Waals surface area contributed by atoms with Gasteiger partial charge in [0.25, 0.3) is 5.91 Å². The third kappa shape index (κ3) is 6.94. The summed E-state index contributed by atoms with van der Waals surface area (Å²) in [5.41, 5.74) is 0. The SMILES string of the molecule is CCCCCCCCC(=O)N(OC)C(=O)OC. The molecule has 100 valence electrons. The van der Waals surface area contributed by atoms with Crippen LogP contribution in [0.4, 0.5) is 4.79 Å². The first-order valence-electron chi connectivity index (χ1n) is 6.12. The number of amides is 2. The van der Waals surface area contributed by atoms with Crippen LogP contribution >= 0.6 is 0 Å². The van der Waals surface area contributed by atoms with Crippen LogP contribution in [0.2, 0.25) is 0 Å². The quantitative estimate of drug-likeness (QED) is 0.487. The smallest absolute Gasteiger partial charge is 0.441 e. The second-order valence-corrected chi connectivity index (χ2v) is 3.86. The summed E-state index contributed by atoms with van der Waals surface area (Å²) in [6.07, 6.45) is 6.10. The zero-order chi connectivity index (χ0) is 13.1. The predicted molar refractivity (Wildman–Crippen MR) is 64.3 cm³/mol. The third-order valence-electron chi connectivity index (χ3n) is 2.49. The van der Waals surface area contributed by atoms with Crippen molar-refractivity contribution in [3.05, 3.63) is 0 Å². The maximum atomic E-state index is 11.6. The summed E-state index contributed by atoms with van der Waals surface area (Å²) in [7, 11) is 2.49. The minimum Gasteiger partial charge on any atom is -0.451 e. The molecule has 0 unspecified atom stereocenters. The number of carbonyl (C=O) groups is 2. The molecule has 0 heterocycles. The Kier molecular flexibility index (Phi) is 9.43. The topological polar surface area (TPSA) is 55.8 Å². The number of hydroxylamine groups is 2. The van der Waals surface area contributed by atoms with Crippen molar-refractivity contribution in [2.75, 3.05) is 14.2 Å². The van der Waals surface area contributed by atoms with E-state index in [0.29, 0.717) is 11.5 Å². The summed E-state index contributed by atoms with van der Waals surface area (Å²) in [4.78, 5) is 27.3. The van der Waals surface area contributed by atoms with Crippen LogP contribution in [-0.2, 0) is 14.4 Å². The molecule has 0 N–H and O–H groups in total. The first kappa shape index (κ1) is 15.9. The Hall–Kier alpha value is -1.10. The zero-order valence-corrected chi connectivity index (χ0v) is 11.0. The Bertz CT molecular complexity index is 231. The number of unbranched alkanes of at least 4 members (excludes halogenated alkanes) is 5. The molecule has 0 rings (SSSR count). The van der Waals surface area contributed by atoms with E-state index in [9.17, 15) is 9.59 Å². The second kappa shape index (κ2) is 10.1. The van der Waals surface area contributed by atoms with Crippen molar-refractivity contribution in [2.45, 2.75) is 51.9 Å². The Labute approximate surface area is 103 Å². The molecule has 0 aromatic carbocycles. The van der Waals surface area contributed by atoms with E-state index in [1.54, 1.807) is 0 Å². The van der Waals surface area contributed by atoms with Gasteiger partial charge in [0.2, 0.25) is 0 Å². The summed E-state index contributed by atoms with van der Waals surface area (Å²) in [6, 6.07) is 0. The number of hydrogen-bond donors (Lipinski definition) is 0. The van der Waals surface area contributed by atoms with E-state index in [0.717, 1.165) is 19.3 Å². The first-order chi connectivity index (χ1) is 8.17. The fraction of sp³-hybridized carbons (Fsp3) is 0.833. The van der Waals surface area contributed by atoms with Crippen molar-refractivity contribution in [1.29, 1.82) is 0 Å². The van der Waals surface area contributed by atoms with Gasteiger partial charge in [-0.25, -0.2) is 4.79 Å². The van der Waals surface area contributed by atoms with Crippen molar-refractivity contribution < 1.29 is 19.2 Å². The van der Waals surface area contributed by atoms with Gasteiger partial charge in [-0.15, -0.1) is 5.06 Å². The van der Waals surface area contributed by atoms with Gasteiger partial charge in [0.15, 0.2) is 0 Å². The van der Waals surface area contributed by atoms with Gasteiger partial charge in [0, 0.05) is 6.42 Å². The molecule has 0 aliphatic heterocycles. The minimum atomic E-state index is -0.775. The molecule has 0 fully saturated rings. The molecule has 0 saturated carbocycles. The van der Waals surface area contributed by atoms with Gasteiger partial charge in [-0.2, -0.15) is 0 Å². The van der Waals surface area contributed by atoms with Crippen LogP contribution in [0.25, 0.3) is 0 Å². The molecule has 0 spiro atoms. The van der Waals surface area contributed by atoms with Crippen molar-refractivity contribution in [3.63, 3.8) is 0 Å². The lowest BCUT2D eigenvalue weighted by Gasteiger charge is -2.15. The van der Waals surface area contributed by atoms with E-state index in [2.05, 4.69) is 16.5 Å². The molecule has 5 heteroatoms. The summed E-state index contributed by atoms with van der Waals surface area (Å²) in [6.45, 7) is 2.16. The molecular weight excluding hydrogens is 222 g/mol. The maximum Gasteiger partial charge on any atom is 0.441 e. The molecule has 2 amide bonds. The van der Waals surface area contributed by atoms with Crippen LogP contribution in [0, 0.1) is 0 Å². The van der Waals surface area contributed by atoms with Gasteiger partial charge in [-0.05, 0) is 6.42 Å². The number of nitrogens with zero attached hydrogens (tertiary/aromatic N) is 1. The van der Waals surface area contributed by atoms with E-state index >= 15 is 0 Å². The van der Waals surface area contributed by atoms with E-state index < -0.39 is 6.09 Å². The van der Waals surface area contributed by atoms with Crippen molar-refractivity contribution in [3.8, 4) is 0 Å². The molecule has 0 atom stereocenters. The van der Waals surface area contributed by atoms with Crippen molar-refractivity contribution in [1.82, 2.24) is 5.06 Å². The van der Waals surface area contributed by atoms with Crippen molar-refractivity contribution in [2.24, 2.45) is 0 Å². The van der Waals surface area contributed by atoms with Crippen LogP contribution in [0.3, 0.4) is 0 Å². The van der Waals surface area contributed by atoms with E-state index in [1.165, 1.54) is 33.5 Å². The van der Waals surface area contributed by atoms with Crippen LogP contribution in [0.1, 0.15) is 51.9 Å². The monoisotopic (exact) mass is 245 g/mol. The largest absolute Gasteiger partial charge is 0.451 e. The average molecular weight is 245 g/mol. The summed E-state index contributed by atoms with van der Waals surface area (Å²) < 4.78 is 4.42. The van der Waals surface area contributed by atoms with Gasteiger partial charge in [-0.1, -0.05) is 39.0 Å². The molecule has 0 aromatic rings. The summed E-state index contributed by atoms with van der Waals surface area (Å²) in [5, 5.41) is 0.659. The lowest BCUT2D eigenvalue weighted by Crippen LogP contribution is -2.35. The molecule has 0 aliphatic carbocycles. The predicted octanol–water partition coefficient (Wildman–Crippen LogP) is 2.89. The Morgan fingerprint density at radius 1 is 1.00 bits per heavy atom. The van der Waals surface area contributed by atoms with Gasteiger partial charge in [0.05, 0.1) is 14.2 Å². The molecular formula is C12H23NO4.